The van der Waals surface area contributed by atoms with Gasteiger partial charge in [0.1, 0.15) is 11.3 Å². The molecule has 1 saturated carbocycles. The highest BCUT2D eigenvalue weighted by Gasteiger charge is 2.34. The van der Waals surface area contributed by atoms with Crippen molar-refractivity contribution in [3.63, 3.8) is 0 Å². The van der Waals surface area contributed by atoms with E-state index in [1.54, 1.807) is 6.07 Å². The van der Waals surface area contributed by atoms with E-state index in [2.05, 4.69) is 12.2 Å². The van der Waals surface area contributed by atoms with Gasteiger partial charge in [0.15, 0.2) is 0 Å². The minimum atomic E-state index is 0.303. The van der Waals surface area contributed by atoms with Gasteiger partial charge in [-0.3, -0.25) is 0 Å². The van der Waals surface area contributed by atoms with Crippen molar-refractivity contribution in [2.45, 2.75) is 25.8 Å². The third-order valence-corrected chi connectivity index (χ3v) is 3.93. The van der Waals surface area contributed by atoms with Gasteiger partial charge in [0.05, 0.1) is 11.1 Å². The Balaban J connectivity index is 2.03. The maximum absolute atomic E-state index is 6.19. The van der Waals surface area contributed by atoms with Gasteiger partial charge < -0.3 is 9.73 Å². The molecule has 1 aliphatic carbocycles. The number of hydrogen-bond donors (Lipinski definition) is 1. The lowest BCUT2D eigenvalue weighted by molar-refractivity contribution is 0.403. The largest absolute Gasteiger partial charge is 0.459 e. The third-order valence-electron chi connectivity index (χ3n) is 3.39. The van der Waals surface area contributed by atoms with Crippen LogP contribution in [0.25, 0.3) is 11.0 Å². The van der Waals surface area contributed by atoms with E-state index in [4.69, 9.17) is 27.6 Å². The maximum atomic E-state index is 6.19. The Labute approximate surface area is 116 Å². The molecule has 1 atom stereocenters. The predicted octanol–water partition coefficient (Wildman–Crippen LogP) is 4.80. The quantitative estimate of drug-likeness (QED) is 0.872. The molecular weight excluding hydrogens is 269 g/mol. The summed E-state index contributed by atoms with van der Waals surface area (Å²) in [7, 11) is 0. The second-order valence-corrected chi connectivity index (χ2v) is 5.66. The maximum Gasteiger partial charge on any atom is 0.137 e. The molecule has 4 heteroatoms. The zero-order valence-corrected chi connectivity index (χ0v) is 11.7. The van der Waals surface area contributed by atoms with Crippen molar-refractivity contribution < 1.29 is 4.42 Å². The van der Waals surface area contributed by atoms with Crippen molar-refractivity contribution >= 4 is 34.2 Å². The summed E-state index contributed by atoms with van der Waals surface area (Å²) < 4.78 is 5.91. The predicted molar refractivity (Wildman–Crippen MR) is 75.4 cm³/mol. The fraction of sp³-hybridized carbons (Fsp3) is 0.429. The van der Waals surface area contributed by atoms with Gasteiger partial charge in [-0.25, -0.2) is 0 Å². The van der Waals surface area contributed by atoms with Crippen LogP contribution < -0.4 is 5.32 Å². The van der Waals surface area contributed by atoms with Crippen LogP contribution in [0.3, 0.4) is 0 Å². The van der Waals surface area contributed by atoms with Crippen LogP contribution in [0, 0.1) is 5.92 Å². The van der Waals surface area contributed by atoms with Crippen molar-refractivity contribution in [2.24, 2.45) is 5.92 Å². The molecule has 1 fully saturated rings. The van der Waals surface area contributed by atoms with Crippen LogP contribution in [0.2, 0.25) is 10.0 Å². The molecule has 0 bridgehead atoms. The molecule has 0 saturated heterocycles. The monoisotopic (exact) mass is 283 g/mol. The third kappa shape index (κ3) is 2.25. The van der Waals surface area contributed by atoms with Gasteiger partial charge in [-0.05, 0) is 37.4 Å². The van der Waals surface area contributed by atoms with Crippen LogP contribution in [0.1, 0.15) is 31.6 Å². The van der Waals surface area contributed by atoms with Gasteiger partial charge >= 0.3 is 0 Å². The van der Waals surface area contributed by atoms with Gasteiger partial charge in [-0.1, -0.05) is 30.1 Å². The van der Waals surface area contributed by atoms with Crippen molar-refractivity contribution in [1.29, 1.82) is 0 Å². The lowest BCUT2D eigenvalue weighted by Gasteiger charge is -2.13. The Morgan fingerprint density at radius 3 is 2.78 bits per heavy atom. The number of furan rings is 1. The van der Waals surface area contributed by atoms with Crippen LogP contribution in [0.4, 0.5) is 0 Å². The number of rotatable bonds is 4. The highest BCUT2D eigenvalue weighted by molar-refractivity contribution is 6.38. The molecule has 2 aromatic rings. The first-order chi connectivity index (χ1) is 8.69. The summed E-state index contributed by atoms with van der Waals surface area (Å²) >= 11 is 12.2. The first-order valence-electron chi connectivity index (χ1n) is 6.31. The van der Waals surface area contributed by atoms with Crippen LogP contribution in [-0.2, 0) is 0 Å². The standard InChI is InChI=1S/C14H15Cl2NO/c1-2-17-14(8-3-4-8)13-7-10-11(16)5-9(15)6-12(10)18-13/h5-8,14,17H,2-4H2,1H3. The van der Waals surface area contributed by atoms with Crippen molar-refractivity contribution in [1.82, 2.24) is 5.32 Å². The van der Waals surface area contributed by atoms with Crippen molar-refractivity contribution in [3.8, 4) is 0 Å². The summed E-state index contributed by atoms with van der Waals surface area (Å²) in [6.45, 7) is 3.05. The molecule has 1 unspecified atom stereocenters. The minimum Gasteiger partial charge on any atom is -0.459 e. The normalized spacial score (nSPS) is 17.3. The van der Waals surface area contributed by atoms with E-state index in [-0.39, 0.29) is 0 Å². The van der Waals surface area contributed by atoms with E-state index in [1.807, 2.05) is 12.1 Å². The fourth-order valence-corrected chi connectivity index (χ4v) is 2.92. The van der Waals surface area contributed by atoms with Crippen LogP contribution >= 0.6 is 23.2 Å². The number of nitrogens with one attached hydrogen (secondary N) is 1. The molecule has 1 N–H and O–H groups in total. The molecule has 1 aromatic carbocycles. The van der Waals surface area contributed by atoms with E-state index in [0.29, 0.717) is 22.0 Å². The molecule has 96 valence electrons. The minimum absolute atomic E-state index is 0.303. The summed E-state index contributed by atoms with van der Waals surface area (Å²) in [6, 6.07) is 5.92. The number of halogens is 2. The average molecular weight is 284 g/mol. The summed E-state index contributed by atoms with van der Waals surface area (Å²) in [5.74, 6) is 1.67. The molecule has 0 radical (unpaired) electrons. The summed E-state index contributed by atoms with van der Waals surface area (Å²) in [4.78, 5) is 0. The number of fused-ring (bicyclic) bond motifs is 1. The SMILES string of the molecule is CCNC(c1cc2c(Cl)cc(Cl)cc2o1)C1CC1. The van der Waals surface area contributed by atoms with Gasteiger partial charge in [-0.15, -0.1) is 0 Å². The Kier molecular flexibility index (Phi) is 3.27. The first kappa shape index (κ1) is 12.3. The highest BCUT2D eigenvalue weighted by Crippen LogP contribution is 2.43. The molecule has 1 aromatic heterocycles. The molecule has 0 spiro atoms. The molecular formula is C14H15Cl2NO. The van der Waals surface area contributed by atoms with E-state index in [1.165, 1.54) is 12.8 Å². The highest BCUT2D eigenvalue weighted by atomic mass is 35.5. The molecule has 3 rings (SSSR count). The Morgan fingerprint density at radius 1 is 1.33 bits per heavy atom. The lowest BCUT2D eigenvalue weighted by atomic mass is 10.1. The van der Waals surface area contributed by atoms with Gasteiger partial charge in [0.2, 0.25) is 0 Å². The number of benzene rings is 1. The van der Waals surface area contributed by atoms with E-state index in [9.17, 15) is 0 Å². The smallest absolute Gasteiger partial charge is 0.137 e. The molecule has 18 heavy (non-hydrogen) atoms. The fourth-order valence-electron chi connectivity index (χ4n) is 2.39. The molecule has 1 aliphatic rings. The van der Waals surface area contributed by atoms with Crippen molar-refractivity contribution in [3.05, 3.63) is 34.0 Å². The van der Waals surface area contributed by atoms with Crippen molar-refractivity contribution in [2.75, 3.05) is 6.54 Å². The second-order valence-electron chi connectivity index (χ2n) is 4.82. The first-order valence-corrected chi connectivity index (χ1v) is 7.06. The Bertz CT molecular complexity index is 574. The average Bonchev–Trinajstić information content (AvgIpc) is 3.06. The zero-order valence-electron chi connectivity index (χ0n) is 10.2. The topological polar surface area (TPSA) is 25.2 Å². The van der Waals surface area contributed by atoms with Crippen LogP contribution in [0.15, 0.2) is 22.6 Å². The molecule has 0 amide bonds. The van der Waals surface area contributed by atoms with Crippen LogP contribution in [-0.4, -0.2) is 6.54 Å². The Morgan fingerprint density at radius 2 is 2.11 bits per heavy atom. The van der Waals surface area contributed by atoms with Gasteiger partial charge in [0.25, 0.3) is 0 Å². The molecule has 1 heterocycles. The van der Waals surface area contributed by atoms with E-state index >= 15 is 0 Å². The summed E-state index contributed by atoms with van der Waals surface area (Å²) in [5, 5.41) is 5.69. The van der Waals surface area contributed by atoms with E-state index < -0.39 is 0 Å². The summed E-state index contributed by atoms with van der Waals surface area (Å²) in [6.07, 6.45) is 2.53. The Hall–Kier alpha value is -0.700. The number of hydrogen-bond acceptors (Lipinski definition) is 2. The zero-order chi connectivity index (χ0) is 12.7. The summed E-state index contributed by atoms with van der Waals surface area (Å²) in [5.41, 5.74) is 0.769. The van der Waals surface area contributed by atoms with Gasteiger partial charge in [0, 0.05) is 16.5 Å². The van der Waals surface area contributed by atoms with Crippen LogP contribution in [0.5, 0.6) is 0 Å². The lowest BCUT2D eigenvalue weighted by Crippen LogP contribution is -2.21. The van der Waals surface area contributed by atoms with Gasteiger partial charge in [-0.2, -0.15) is 0 Å². The van der Waals surface area contributed by atoms with E-state index in [0.717, 1.165) is 23.3 Å². The second kappa shape index (κ2) is 4.76. The molecule has 2 nitrogen and oxygen atoms in total. The molecule has 0 aliphatic heterocycles.